The van der Waals surface area contributed by atoms with E-state index in [1.165, 1.54) is 23.1 Å². The van der Waals surface area contributed by atoms with E-state index in [1.807, 2.05) is 72.2 Å². The highest BCUT2D eigenvalue weighted by atomic mass is 32.2. The molecule has 2 aromatic heterocycles. The number of nitrogens with one attached hydrogen (secondary N) is 1. The second-order valence-corrected chi connectivity index (χ2v) is 8.26. The minimum Gasteiger partial charge on any atom is -0.486 e. The summed E-state index contributed by atoms with van der Waals surface area (Å²) in [6.07, 6.45) is 0. The highest BCUT2D eigenvalue weighted by molar-refractivity contribution is 7.99. The van der Waals surface area contributed by atoms with E-state index in [9.17, 15) is 4.79 Å². The zero-order chi connectivity index (χ0) is 20.8. The first-order valence-corrected chi connectivity index (χ1v) is 10.9. The van der Waals surface area contributed by atoms with Gasteiger partial charge in [0.05, 0.1) is 5.75 Å². The van der Waals surface area contributed by atoms with Gasteiger partial charge in [-0.15, -0.1) is 20.4 Å². The number of hydrogen-bond donors (Lipinski definition) is 1. The topological polar surface area (TPSA) is 94.8 Å². The van der Waals surface area contributed by atoms with E-state index in [-0.39, 0.29) is 18.3 Å². The lowest BCUT2D eigenvalue weighted by Crippen LogP contribution is -2.14. The number of ether oxygens (including phenoxy) is 1. The quantitative estimate of drug-likeness (QED) is 0.419. The first-order valence-electron chi connectivity index (χ1n) is 9.09. The first-order chi connectivity index (χ1) is 14.7. The molecule has 0 saturated carbocycles. The molecule has 1 N–H and O–H groups in total. The van der Waals surface area contributed by atoms with E-state index >= 15 is 0 Å². The molecule has 0 unspecified atom stereocenters. The zero-order valence-electron chi connectivity index (χ0n) is 16.1. The number of aryl methyl sites for hydroxylation is 1. The summed E-state index contributed by atoms with van der Waals surface area (Å²) in [5, 5.41) is 21.0. The van der Waals surface area contributed by atoms with Crippen molar-refractivity contribution in [2.75, 3.05) is 11.1 Å². The van der Waals surface area contributed by atoms with Crippen molar-refractivity contribution in [3.63, 3.8) is 0 Å². The highest BCUT2D eigenvalue weighted by Gasteiger charge is 2.17. The van der Waals surface area contributed by atoms with Crippen molar-refractivity contribution in [1.82, 2.24) is 25.0 Å². The Hall–Kier alpha value is -3.24. The van der Waals surface area contributed by atoms with E-state index in [1.54, 1.807) is 0 Å². The van der Waals surface area contributed by atoms with E-state index in [2.05, 4.69) is 25.7 Å². The lowest BCUT2D eigenvalue weighted by molar-refractivity contribution is -0.113. The molecule has 0 aliphatic rings. The molecule has 2 heterocycles. The van der Waals surface area contributed by atoms with Crippen molar-refractivity contribution in [3.05, 3.63) is 71.5 Å². The minimum atomic E-state index is -0.180. The van der Waals surface area contributed by atoms with Gasteiger partial charge in [0.1, 0.15) is 17.4 Å². The molecule has 0 radical (unpaired) electrons. The van der Waals surface area contributed by atoms with Crippen molar-refractivity contribution in [3.8, 4) is 11.4 Å². The van der Waals surface area contributed by atoms with Gasteiger partial charge >= 0.3 is 0 Å². The number of hydrogen-bond acceptors (Lipinski definition) is 8. The fourth-order valence-corrected chi connectivity index (χ4v) is 4.00. The number of benzene rings is 2. The summed E-state index contributed by atoms with van der Waals surface area (Å²) >= 11 is 2.63. The van der Waals surface area contributed by atoms with Crippen LogP contribution < -0.4 is 10.1 Å². The number of anilines is 1. The van der Waals surface area contributed by atoms with Crippen LogP contribution in [0, 0.1) is 6.92 Å². The number of nitrogens with zero attached hydrogens (tertiary/aromatic N) is 5. The van der Waals surface area contributed by atoms with Gasteiger partial charge < -0.3 is 4.74 Å². The molecule has 0 saturated heterocycles. The van der Waals surface area contributed by atoms with E-state index in [0.717, 1.165) is 16.4 Å². The first kappa shape index (κ1) is 20.0. The summed E-state index contributed by atoms with van der Waals surface area (Å²) in [6, 6.07) is 19.3. The Balaban J connectivity index is 1.49. The van der Waals surface area contributed by atoms with Crippen LogP contribution in [-0.4, -0.2) is 36.6 Å². The van der Waals surface area contributed by atoms with Gasteiger partial charge in [-0.1, -0.05) is 59.5 Å². The molecule has 2 aromatic carbocycles. The number of aromatic nitrogens is 5. The molecule has 4 rings (SSSR count). The predicted octanol–water partition coefficient (Wildman–Crippen LogP) is 3.74. The Bertz CT molecular complexity index is 1110. The fourth-order valence-electron chi connectivity index (χ4n) is 2.62. The van der Waals surface area contributed by atoms with Crippen LogP contribution in [0.4, 0.5) is 5.13 Å². The summed E-state index contributed by atoms with van der Waals surface area (Å²) in [5.74, 6) is 1.39. The molecular formula is C20H18N6O2S2. The maximum absolute atomic E-state index is 12.3. The summed E-state index contributed by atoms with van der Waals surface area (Å²) < 4.78 is 7.75. The van der Waals surface area contributed by atoms with Crippen LogP contribution >= 0.6 is 23.1 Å². The summed E-state index contributed by atoms with van der Waals surface area (Å²) in [4.78, 5) is 12.3. The average molecular weight is 439 g/mol. The molecule has 4 aromatic rings. The van der Waals surface area contributed by atoms with Crippen LogP contribution in [0.5, 0.6) is 5.75 Å². The fraction of sp³-hybridized carbons (Fsp3) is 0.150. The van der Waals surface area contributed by atoms with Crippen LogP contribution in [0.1, 0.15) is 10.8 Å². The Kier molecular flexibility index (Phi) is 6.35. The second kappa shape index (κ2) is 9.51. The number of para-hydroxylation sites is 2. The molecule has 1 amide bonds. The normalized spacial score (nSPS) is 10.7. The molecule has 10 heteroatoms. The molecule has 8 nitrogen and oxygen atoms in total. The van der Waals surface area contributed by atoms with Crippen LogP contribution in [0.15, 0.2) is 65.8 Å². The van der Waals surface area contributed by atoms with Crippen molar-refractivity contribution in [2.24, 2.45) is 0 Å². The summed E-state index contributed by atoms with van der Waals surface area (Å²) in [5.41, 5.74) is 0.900. The predicted molar refractivity (Wildman–Crippen MR) is 116 cm³/mol. The monoisotopic (exact) mass is 438 g/mol. The zero-order valence-corrected chi connectivity index (χ0v) is 17.7. The lowest BCUT2D eigenvalue weighted by Gasteiger charge is -2.11. The van der Waals surface area contributed by atoms with E-state index in [4.69, 9.17) is 4.74 Å². The van der Waals surface area contributed by atoms with Gasteiger partial charge in [-0.25, -0.2) is 0 Å². The van der Waals surface area contributed by atoms with Gasteiger partial charge in [-0.3, -0.25) is 14.7 Å². The van der Waals surface area contributed by atoms with Crippen molar-refractivity contribution in [1.29, 1.82) is 0 Å². The molecule has 0 aliphatic carbocycles. The number of carbonyl (C=O) groups excluding carboxylic acids is 1. The van der Waals surface area contributed by atoms with E-state index < -0.39 is 0 Å². The number of rotatable bonds is 8. The average Bonchev–Trinajstić information content (AvgIpc) is 3.37. The van der Waals surface area contributed by atoms with Crippen LogP contribution in [0.25, 0.3) is 5.69 Å². The summed E-state index contributed by atoms with van der Waals surface area (Å²) in [7, 11) is 0. The van der Waals surface area contributed by atoms with Crippen molar-refractivity contribution >= 4 is 34.1 Å². The number of amides is 1. The lowest BCUT2D eigenvalue weighted by atomic mass is 10.3. The van der Waals surface area contributed by atoms with Crippen LogP contribution in [-0.2, 0) is 11.4 Å². The highest BCUT2D eigenvalue weighted by Crippen LogP contribution is 2.23. The molecule has 152 valence electrons. The van der Waals surface area contributed by atoms with E-state index in [0.29, 0.717) is 16.1 Å². The molecule has 0 fully saturated rings. The van der Waals surface area contributed by atoms with Gasteiger partial charge in [0.25, 0.3) is 0 Å². The third kappa shape index (κ3) is 5.02. The Morgan fingerprint density at radius 3 is 2.47 bits per heavy atom. The number of carbonyl (C=O) groups is 1. The minimum absolute atomic E-state index is 0.170. The molecule has 0 bridgehead atoms. The third-order valence-corrected chi connectivity index (χ3v) is 5.61. The summed E-state index contributed by atoms with van der Waals surface area (Å²) in [6.45, 7) is 2.09. The molecule has 0 aliphatic heterocycles. The van der Waals surface area contributed by atoms with Gasteiger partial charge in [0.2, 0.25) is 11.0 Å². The third-order valence-electron chi connectivity index (χ3n) is 3.93. The van der Waals surface area contributed by atoms with Gasteiger partial charge in [0, 0.05) is 5.69 Å². The van der Waals surface area contributed by atoms with Gasteiger partial charge in [-0.05, 0) is 31.2 Å². The SMILES string of the molecule is Cc1nnc(NC(=O)CSc2nnc(COc3ccccc3)n2-c2ccccc2)s1. The Labute approximate surface area is 181 Å². The van der Waals surface area contributed by atoms with Crippen LogP contribution in [0.2, 0.25) is 0 Å². The maximum atomic E-state index is 12.3. The second-order valence-electron chi connectivity index (χ2n) is 6.13. The maximum Gasteiger partial charge on any atom is 0.236 e. The van der Waals surface area contributed by atoms with Crippen LogP contribution in [0.3, 0.4) is 0 Å². The molecule has 0 spiro atoms. The van der Waals surface area contributed by atoms with Gasteiger partial charge in [0.15, 0.2) is 11.0 Å². The Morgan fingerprint density at radius 2 is 1.77 bits per heavy atom. The Morgan fingerprint density at radius 1 is 1.03 bits per heavy atom. The molecular weight excluding hydrogens is 420 g/mol. The number of thioether (sulfide) groups is 1. The largest absolute Gasteiger partial charge is 0.486 e. The van der Waals surface area contributed by atoms with Gasteiger partial charge in [-0.2, -0.15) is 0 Å². The molecule has 30 heavy (non-hydrogen) atoms. The van der Waals surface area contributed by atoms with Crippen molar-refractivity contribution < 1.29 is 9.53 Å². The van der Waals surface area contributed by atoms with Crippen molar-refractivity contribution in [2.45, 2.75) is 18.7 Å². The standard InChI is InChI=1S/C20H18N6O2S2/c1-14-22-24-19(30-14)21-18(27)13-29-20-25-23-17(12-28-16-10-6-3-7-11-16)26(20)15-8-4-2-5-9-15/h2-11H,12-13H2,1H3,(H,21,24,27). The molecule has 0 atom stereocenters. The smallest absolute Gasteiger partial charge is 0.236 e.